The number of amides is 1. The first-order valence-electron chi connectivity index (χ1n) is 10.6. The van der Waals surface area contributed by atoms with Crippen LogP contribution < -0.4 is 15.8 Å². The molecule has 1 fully saturated rings. The molecule has 32 heavy (non-hydrogen) atoms. The van der Waals surface area contributed by atoms with Crippen LogP contribution in [-0.2, 0) is 11.3 Å². The molecule has 3 aromatic heterocycles. The minimum atomic E-state index is -0.381. The fourth-order valence-corrected chi connectivity index (χ4v) is 5.10. The molecule has 1 amide bonds. The van der Waals surface area contributed by atoms with Crippen molar-refractivity contribution in [3.63, 3.8) is 0 Å². The Hall–Kier alpha value is -3.46. The minimum absolute atomic E-state index is 0.215. The summed E-state index contributed by atoms with van der Waals surface area (Å²) < 4.78 is 7.43. The molecule has 0 atom stereocenters. The van der Waals surface area contributed by atoms with Gasteiger partial charge in [0.25, 0.3) is 5.56 Å². The summed E-state index contributed by atoms with van der Waals surface area (Å²) in [7, 11) is 0. The van der Waals surface area contributed by atoms with Crippen LogP contribution in [0.3, 0.4) is 0 Å². The average molecular weight is 450 g/mol. The summed E-state index contributed by atoms with van der Waals surface area (Å²) in [5, 5.41) is 8.24. The molecule has 0 radical (unpaired) electrons. The number of rotatable bonds is 5. The van der Waals surface area contributed by atoms with E-state index < -0.39 is 0 Å². The van der Waals surface area contributed by atoms with Crippen LogP contribution in [0.5, 0.6) is 0 Å². The fraction of sp³-hybridized carbons (Fsp3) is 0.304. The van der Waals surface area contributed by atoms with Gasteiger partial charge in [-0.3, -0.25) is 9.59 Å². The Labute approximate surface area is 188 Å². The SMILES string of the molecule is Cc1cccc(C)c1NC(=O)Cn1nc(-c2ccco2)c2sc(N3CCCC3)nc2c1=O. The van der Waals surface area contributed by atoms with Gasteiger partial charge in [-0.05, 0) is 49.9 Å². The van der Waals surface area contributed by atoms with Crippen LogP contribution in [0.4, 0.5) is 10.8 Å². The number of furan rings is 1. The first-order valence-corrected chi connectivity index (χ1v) is 11.4. The van der Waals surface area contributed by atoms with E-state index >= 15 is 0 Å². The van der Waals surface area contributed by atoms with Crippen molar-refractivity contribution in [3.8, 4) is 11.5 Å². The van der Waals surface area contributed by atoms with Crippen molar-refractivity contribution in [1.82, 2.24) is 14.8 Å². The molecule has 0 unspecified atom stereocenters. The fourth-order valence-electron chi connectivity index (χ4n) is 4.00. The van der Waals surface area contributed by atoms with Crippen molar-refractivity contribution in [2.75, 3.05) is 23.3 Å². The number of hydrogen-bond donors (Lipinski definition) is 1. The largest absolute Gasteiger partial charge is 0.463 e. The van der Waals surface area contributed by atoms with Crippen LogP contribution in [0.2, 0.25) is 0 Å². The molecular formula is C23H23N5O3S. The van der Waals surface area contributed by atoms with Crippen LogP contribution in [-0.4, -0.2) is 33.8 Å². The number of thiazole rings is 1. The van der Waals surface area contributed by atoms with Gasteiger partial charge in [-0.2, -0.15) is 5.10 Å². The number of carbonyl (C=O) groups excluding carboxylic acids is 1. The molecule has 1 aliphatic heterocycles. The molecule has 164 valence electrons. The highest BCUT2D eigenvalue weighted by Crippen LogP contribution is 2.35. The van der Waals surface area contributed by atoms with Gasteiger partial charge in [0.15, 0.2) is 16.4 Å². The zero-order valence-electron chi connectivity index (χ0n) is 17.9. The van der Waals surface area contributed by atoms with E-state index in [1.54, 1.807) is 18.4 Å². The lowest BCUT2D eigenvalue weighted by atomic mass is 10.1. The van der Waals surface area contributed by atoms with Gasteiger partial charge < -0.3 is 14.6 Å². The molecule has 0 spiro atoms. The first kappa shape index (κ1) is 20.4. The van der Waals surface area contributed by atoms with E-state index in [0.717, 1.165) is 47.9 Å². The quantitative estimate of drug-likeness (QED) is 0.496. The van der Waals surface area contributed by atoms with Crippen LogP contribution >= 0.6 is 11.3 Å². The minimum Gasteiger partial charge on any atom is -0.463 e. The number of carbonyl (C=O) groups is 1. The molecule has 8 nitrogen and oxygen atoms in total. The van der Waals surface area contributed by atoms with E-state index in [4.69, 9.17) is 4.42 Å². The number of nitrogens with one attached hydrogen (secondary N) is 1. The lowest BCUT2D eigenvalue weighted by molar-refractivity contribution is -0.117. The Balaban J connectivity index is 1.55. The number of hydrogen-bond acceptors (Lipinski definition) is 7. The first-order chi connectivity index (χ1) is 15.5. The van der Waals surface area contributed by atoms with Gasteiger partial charge in [0.1, 0.15) is 12.2 Å². The maximum absolute atomic E-state index is 13.2. The van der Waals surface area contributed by atoms with E-state index in [-0.39, 0.29) is 18.0 Å². The third-order valence-corrected chi connectivity index (χ3v) is 6.78. The lowest BCUT2D eigenvalue weighted by Crippen LogP contribution is -2.30. The zero-order valence-corrected chi connectivity index (χ0v) is 18.7. The van der Waals surface area contributed by atoms with Crippen LogP contribution in [0.15, 0.2) is 45.8 Å². The van der Waals surface area contributed by atoms with Crippen molar-refractivity contribution in [1.29, 1.82) is 0 Å². The maximum atomic E-state index is 13.2. The van der Waals surface area contributed by atoms with Gasteiger partial charge in [0.05, 0.1) is 11.0 Å². The molecule has 1 aliphatic rings. The second-order valence-electron chi connectivity index (χ2n) is 7.97. The average Bonchev–Trinajstić information content (AvgIpc) is 3.54. The van der Waals surface area contributed by atoms with Crippen molar-refractivity contribution in [2.24, 2.45) is 0 Å². The Morgan fingerprint density at radius 3 is 2.59 bits per heavy atom. The summed E-state index contributed by atoms with van der Waals surface area (Å²) in [4.78, 5) is 32.9. The summed E-state index contributed by atoms with van der Waals surface area (Å²) in [6, 6.07) is 9.37. The predicted octanol–water partition coefficient (Wildman–Crippen LogP) is 3.97. The Morgan fingerprint density at radius 2 is 1.91 bits per heavy atom. The molecule has 4 aromatic rings. The molecular weight excluding hydrogens is 426 g/mol. The molecule has 4 heterocycles. The highest BCUT2D eigenvalue weighted by Gasteiger charge is 2.23. The number of aryl methyl sites for hydroxylation is 2. The van der Waals surface area contributed by atoms with E-state index in [9.17, 15) is 9.59 Å². The van der Waals surface area contributed by atoms with Crippen molar-refractivity contribution < 1.29 is 9.21 Å². The third-order valence-electron chi connectivity index (χ3n) is 5.66. The number of fused-ring (bicyclic) bond motifs is 1. The standard InChI is InChI=1S/C23H23N5O3S/c1-14-7-5-8-15(2)18(14)24-17(29)13-28-22(30)20-21(19(26-28)16-9-6-12-31-16)32-23(25-20)27-10-3-4-11-27/h5-9,12H,3-4,10-11,13H2,1-2H3,(H,24,29). The number of nitrogens with zero attached hydrogens (tertiary/aromatic N) is 4. The highest BCUT2D eigenvalue weighted by molar-refractivity contribution is 7.22. The normalized spacial score (nSPS) is 13.8. The third kappa shape index (κ3) is 3.69. The number of anilines is 2. The van der Waals surface area contributed by atoms with Gasteiger partial charge in [-0.25, -0.2) is 9.67 Å². The highest BCUT2D eigenvalue weighted by atomic mass is 32.1. The van der Waals surface area contributed by atoms with Crippen LogP contribution in [0, 0.1) is 13.8 Å². The lowest BCUT2D eigenvalue weighted by Gasteiger charge is -2.12. The number of benzene rings is 1. The molecule has 0 aliphatic carbocycles. The van der Waals surface area contributed by atoms with Crippen molar-refractivity contribution in [2.45, 2.75) is 33.2 Å². The summed E-state index contributed by atoms with van der Waals surface area (Å²) >= 11 is 1.45. The second-order valence-corrected chi connectivity index (χ2v) is 8.95. The monoisotopic (exact) mass is 449 g/mol. The van der Waals surface area contributed by atoms with Gasteiger partial charge in [-0.1, -0.05) is 29.5 Å². The number of para-hydroxylation sites is 1. The molecule has 1 saturated heterocycles. The van der Waals surface area contributed by atoms with E-state index in [0.29, 0.717) is 21.7 Å². The summed E-state index contributed by atoms with van der Waals surface area (Å²) in [6.07, 6.45) is 3.79. The van der Waals surface area contributed by atoms with Crippen molar-refractivity contribution in [3.05, 3.63) is 58.1 Å². The molecule has 1 N–H and O–H groups in total. The van der Waals surface area contributed by atoms with E-state index in [1.807, 2.05) is 32.0 Å². The van der Waals surface area contributed by atoms with Gasteiger partial charge in [0, 0.05) is 18.8 Å². The topological polar surface area (TPSA) is 93.3 Å². The Kier molecular flexibility index (Phi) is 5.26. The second kappa shape index (κ2) is 8.23. The molecule has 5 rings (SSSR count). The maximum Gasteiger partial charge on any atom is 0.294 e. The van der Waals surface area contributed by atoms with Crippen molar-refractivity contribution >= 4 is 38.3 Å². The summed E-state index contributed by atoms with van der Waals surface area (Å²) in [5.41, 5.74) is 3.13. The Morgan fingerprint density at radius 1 is 1.16 bits per heavy atom. The van der Waals surface area contributed by atoms with Gasteiger partial charge in [-0.15, -0.1) is 0 Å². The molecule has 0 saturated carbocycles. The summed E-state index contributed by atoms with van der Waals surface area (Å²) in [6.45, 7) is 5.50. The van der Waals surface area contributed by atoms with Gasteiger partial charge in [0.2, 0.25) is 5.91 Å². The predicted molar refractivity (Wildman–Crippen MR) is 125 cm³/mol. The number of aromatic nitrogens is 3. The molecule has 9 heteroatoms. The summed E-state index contributed by atoms with van der Waals surface area (Å²) in [5.74, 6) is 0.215. The van der Waals surface area contributed by atoms with Crippen LogP contribution in [0.25, 0.3) is 21.7 Å². The van der Waals surface area contributed by atoms with E-state index in [2.05, 4.69) is 20.3 Å². The molecule has 0 bridgehead atoms. The van der Waals surface area contributed by atoms with E-state index in [1.165, 1.54) is 16.0 Å². The van der Waals surface area contributed by atoms with Gasteiger partial charge >= 0.3 is 0 Å². The zero-order chi connectivity index (χ0) is 22.2. The smallest absolute Gasteiger partial charge is 0.294 e. The Bertz CT molecular complexity index is 1330. The van der Waals surface area contributed by atoms with Crippen LogP contribution in [0.1, 0.15) is 24.0 Å². The molecule has 1 aromatic carbocycles.